The largest absolute Gasteiger partial charge is 0.460 e. The summed E-state index contributed by atoms with van der Waals surface area (Å²) in [6.45, 7) is 10.0. The van der Waals surface area contributed by atoms with Gasteiger partial charge in [0.05, 0.1) is 5.56 Å². The first-order valence-corrected chi connectivity index (χ1v) is 9.21. The van der Waals surface area contributed by atoms with E-state index >= 15 is 0 Å². The SMILES string of the molecule is Cc1ccc(C(=O)OCC(=O)OC2CC(C)CCC2C(C)C)c(C)c1. The molecular weight excluding hydrogens is 316 g/mol. The molecule has 0 radical (unpaired) electrons. The van der Waals surface area contributed by atoms with Crippen LogP contribution in [0.4, 0.5) is 0 Å². The third kappa shape index (κ3) is 5.32. The van der Waals surface area contributed by atoms with Gasteiger partial charge in [-0.05, 0) is 56.1 Å². The van der Waals surface area contributed by atoms with Crippen molar-refractivity contribution in [1.29, 1.82) is 0 Å². The van der Waals surface area contributed by atoms with E-state index in [2.05, 4.69) is 20.8 Å². The van der Waals surface area contributed by atoms with Gasteiger partial charge in [0.2, 0.25) is 0 Å². The number of esters is 2. The third-order valence-electron chi connectivity index (χ3n) is 5.17. The lowest BCUT2D eigenvalue weighted by Gasteiger charge is -2.36. The quantitative estimate of drug-likeness (QED) is 0.739. The fraction of sp³-hybridized carbons (Fsp3) is 0.619. The highest BCUT2D eigenvalue weighted by Gasteiger charge is 2.33. The molecule has 1 aromatic carbocycles. The van der Waals surface area contributed by atoms with Gasteiger partial charge in [-0.1, -0.05) is 44.9 Å². The second-order valence-corrected chi connectivity index (χ2v) is 7.75. The van der Waals surface area contributed by atoms with Crippen LogP contribution in [0.3, 0.4) is 0 Å². The molecule has 25 heavy (non-hydrogen) atoms. The predicted molar refractivity (Wildman–Crippen MR) is 97.4 cm³/mol. The Bertz CT molecular complexity index is 620. The number of aryl methyl sites for hydroxylation is 2. The van der Waals surface area contributed by atoms with E-state index in [9.17, 15) is 9.59 Å². The van der Waals surface area contributed by atoms with E-state index in [0.717, 1.165) is 24.0 Å². The van der Waals surface area contributed by atoms with Crippen LogP contribution >= 0.6 is 0 Å². The molecule has 0 bridgehead atoms. The number of benzene rings is 1. The molecule has 0 aliphatic heterocycles. The van der Waals surface area contributed by atoms with Crippen molar-refractivity contribution in [2.24, 2.45) is 17.8 Å². The van der Waals surface area contributed by atoms with Crippen molar-refractivity contribution in [3.63, 3.8) is 0 Å². The monoisotopic (exact) mass is 346 g/mol. The lowest BCUT2D eigenvalue weighted by Crippen LogP contribution is -2.36. The fourth-order valence-electron chi connectivity index (χ4n) is 3.70. The van der Waals surface area contributed by atoms with Crippen LogP contribution < -0.4 is 0 Å². The number of rotatable bonds is 5. The van der Waals surface area contributed by atoms with Gasteiger partial charge in [0.15, 0.2) is 6.61 Å². The van der Waals surface area contributed by atoms with Crippen molar-refractivity contribution in [3.8, 4) is 0 Å². The zero-order chi connectivity index (χ0) is 18.6. The van der Waals surface area contributed by atoms with Crippen LogP contribution in [0, 0.1) is 31.6 Å². The molecule has 0 aromatic heterocycles. The molecule has 4 heteroatoms. The highest BCUT2D eigenvalue weighted by Crippen LogP contribution is 2.35. The maximum atomic E-state index is 12.2. The second kappa shape index (κ2) is 8.50. The molecule has 1 aliphatic rings. The van der Waals surface area contributed by atoms with Crippen LogP contribution in [0.25, 0.3) is 0 Å². The third-order valence-corrected chi connectivity index (χ3v) is 5.17. The molecule has 0 spiro atoms. The number of carbonyl (C=O) groups excluding carboxylic acids is 2. The Morgan fingerprint density at radius 3 is 2.56 bits per heavy atom. The van der Waals surface area contributed by atoms with Crippen molar-refractivity contribution in [2.75, 3.05) is 6.61 Å². The Hall–Kier alpha value is -1.84. The predicted octanol–water partition coefficient (Wildman–Crippen LogP) is 4.46. The van der Waals surface area contributed by atoms with Crippen molar-refractivity contribution in [3.05, 3.63) is 34.9 Å². The lowest BCUT2D eigenvalue weighted by molar-refractivity contribution is -0.159. The average molecular weight is 346 g/mol. The van der Waals surface area contributed by atoms with Crippen LogP contribution in [0.2, 0.25) is 0 Å². The zero-order valence-corrected chi connectivity index (χ0v) is 16.0. The van der Waals surface area contributed by atoms with E-state index in [0.29, 0.717) is 23.3 Å². The summed E-state index contributed by atoms with van der Waals surface area (Å²) in [4.78, 5) is 24.3. The van der Waals surface area contributed by atoms with Crippen molar-refractivity contribution in [2.45, 2.75) is 60.0 Å². The summed E-state index contributed by atoms with van der Waals surface area (Å²) in [5.74, 6) is 0.485. The molecule has 1 aliphatic carbocycles. The Balaban J connectivity index is 1.90. The minimum Gasteiger partial charge on any atom is -0.460 e. The molecule has 1 aromatic rings. The minimum absolute atomic E-state index is 0.0731. The summed E-state index contributed by atoms with van der Waals surface area (Å²) in [6.07, 6.45) is 3.08. The van der Waals surface area contributed by atoms with Gasteiger partial charge in [0.25, 0.3) is 0 Å². The highest BCUT2D eigenvalue weighted by atomic mass is 16.6. The number of hydrogen-bond donors (Lipinski definition) is 0. The Morgan fingerprint density at radius 1 is 1.20 bits per heavy atom. The number of hydrogen-bond acceptors (Lipinski definition) is 4. The molecule has 0 amide bonds. The van der Waals surface area contributed by atoms with Gasteiger partial charge in [-0.3, -0.25) is 0 Å². The zero-order valence-electron chi connectivity index (χ0n) is 16.0. The molecule has 0 N–H and O–H groups in total. The Labute approximate surface area is 150 Å². The summed E-state index contributed by atoms with van der Waals surface area (Å²) in [6, 6.07) is 5.51. The maximum absolute atomic E-state index is 12.2. The Kier molecular flexibility index (Phi) is 6.63. The summed E-state index contributed by atoms with van der Waals surface area (Å²) < 4.78 is 10.8. The molecule has 3 unspecified atom stereocenters. The van der Waals surface area contributed by atoms with E-state index < -0.39 is 11.9 Å². The molecule has 0 saturated heterocycles. The van der Waals surface area contributed by atoms with Gasteiger partial charge in [-0.25, -0.2) is 9.59 Å². The first-order chi connectivity index (χ1) is 11.8. The van der Waals surface area contributed by atoms with Crippen molar-refractivity contribution in [1.82, 2.24) is 0 Å². The Morgan fingerprint density at radius 2 is 1.92 bits per heavy atom. The van der Waals surface area contributed by atoms with Crippen LogP contribution in [-0.4, -0.2) is 24.6 Å². The molecule has 3 atom stereocenters. The molecule has 1 saturated carbocycles. The molecule has 1 fully saturated rings. The van der Waals surface area contributed by atoms with Gasteiger partial charge in [-0.15, -0.1) is 0 Å². The van der Waals surface area contributed by atoms with E-state index in [1.807, 2.05) is 26.0 Å². The molecular formula is C21H30O4. The van der Waals surface area contributed by atoms with E-state index in [-0.39, 0.29) is 12.7 Å². The molecule has 2 rings (SSSR count). The average Bonchev–Trinajstić information content (AvgIpc) is 2.52. The van der Waals surface area contributed by atoms with Gasteiger partial charge in [0.1, 0.15) is 6.10 Å². The van der Waals surface area contributed by atoms with Gasteiger partial charge < -0.3 is 9.47 Å². The van der Waals surface area contributed by atoms with E-state index in [4.69, 9.17) is 9.47 Å². The standard InChI is InChI=1S/C21H30O4/c1-13(2)17-8-6-15(4)11-19(17)25-20(22)12-24-21(23)18-9-7-14(3)10-16(18)5/h7,9-10,13,15,17,19H,6,8,11-12H2,1-5H3. The first kappa shape index (κ1) is 19.5. The van der Waals surface area contributed by atoms with Crippen molar-refractivity contribution < 1.29 is 19.1 Å². The lowest BCUT2D eigenvalue weighted by atomic mass is 9.75. The summed E-state index contributed by atoms with van der Waals surface area (Å²) in [5, 5.41) is 0. The highest BCUT2D eigenvalue weighted by molar-refractivity contribution is 5.92. The van der Waals surface area contributed by atoms with Gasteiger partial charge >= 0.3 is 11.9 Å². The van der Waals surface area contributed by atoms with Gasteiger partial charge in [0, 0.05) is 0 Å². The topological polar surface area (TPSA) is 52.6 Å². The summed E-state index contributed by atoms with van der Waals surface area (Å²) in [7, 11) is 0. The van der Waals surface area contributed by atoms with Crippen LogP contribution in [0.1, 0.15) is 61.5 Å². The summed E-state index contributed by atoms with van der Waals surface area (Å²) >= 11 is 0. The first-order valence-electron chi connectivity index (χ1n) is 9.21. The van der Waals surface area contributed by atoms with E-state index in [1.165, 1.54) is 6.42 Å². The van der Waals surface area contributed by atoms with Crippen molar-refractivity contribution >= 4 is 11.9 Å². The normalized spacial score (nSPS) is 23.4. The van der Waals surface area contributed by atoms with Crippen LogP contribution in [0.5, 0.6) is 0 Å². The van der Waals surface area contributed by atoms with E-state index in [1.54, 1.807) is 6.07 Å². The molecule has 138 valence electrons. The molecule has 4 nitrogen and oxygen atoms in total. The number of carbonyl (C=O) groups is 2. The van der Waals surface area contributed by atoms with Crippen LogP contribution in [0.15, 0.2) is 18.2 Å². The summed E-state index contributed by atoms with van der Waals surface area (Å²) in [5.41, 5.74) is 2.42. The maximum Gasteiger partial charge on any atom is 0.344 e. The molecule has 0 heterocycles. The van der Waals surface area contributed by atoms with Crippen LogP contribution in [-0.2, 0) is 14.3 Å². The smallest absolute Gasteiger partial charge is 0.344 e. The number of ether oxygens (including phenoxy) is 2. The van der Waals surface area contributed by atoms with Gasteiger partial charge in [-0.2, -0.15) is 0 Å². The second-order valence-electron chi connectivity index (χ2n) is 7.75. The minimum atomic E-state index is -0.480. The fourth-order valence-corrected chi connectivity index (χ4v) is 3.70.